The Morgan fingerprint density at radius 3 is 2.18 bits per heavy atom. The monoisotopic (exact) mass is 252 g/mol. The van der Waals surface area contributed by atoms with Crippen LogP contribution in [-0.4, -0.2) is 16.8 Å². The molecule has 0 aliphatic carbocycles. The van der Waals surface area contributed by atoms with E-state index in [9.17, 15) is 4.79 Å². The summed E-state index contributed by atoms with van der Waals surface area (Å²) in [6.45, 7) is 8.54. The van der Waals surface area contributed by atoms with Gasteiger partial charge in [0.2, 0.25) is 0 Å². The Hall–Kier alpha value is -0.960. The first-order valence-corrected chi connectivity index (χ1v) is 6.84. The third-order valence-electron chi connectivity index (χ3n) is 3.08. The van der Waals surface area contributed by atoms with E-state index in [0.29, 0.717) is 0 Å². The van der Waals surface area contributed by atoms with Crippen LogP contribution in [0.1, 0.15) is 35.1 Å². The van der Waals surface area contributed by atoms with Gasteiger partial charge in [-0.3, -0.25) is 4.79 Å². The van der Waals surface area contributed by atoms with Crippen molar-refractivity contribution in [2.45, 2.75) is 45.4 Å². The zero-order chi connectivity index (χ0) is 13.0. The second kappa shape index (κ2) is 6.10. The molecule has 0 bridgehead atoms. The Morgan fingerprint density at radius 1 is 1.18 bits per heavy atom. The minimum Gasteiger partial charge on any atom is -0.481 e. The van der Waals surface area contributed by atoms with Crippen LogP contribution in [0.2, 0.25) is 0 Å². The maximum Gasteiger partial charge on any atom is 0.303 e. The van der Waals surface area contributed by atoms with Gasteiger partial charge in [0.05, 0.1) is 0 Å². The summed E-state index contributed by atoms with van der Waals surface area (Å²) >= 11 is 1.78. The molecule has 94 valence electrons. The van der Waals surface area contributed by atoms with Gasteiger partial charge in [0.1, 0.15) is 0 Å². The maximum atomic E-state index is 10.4. The number of carboxylic acids is 1. The van der Waals surface area contributed by atoms with Gasteiger partial charge in [-0.1, -0.05) is 6.07 Å². The molecule has 1 N–H and O–H groups in total. The van der Waals surface area contributed by atoms with Crippen LogP contribution in [0, 0.1) is 27.7 Å². The average molecular weight is 252 g/mol. The molecule has 0 saturated carbocycles. The van der Waals surface area contributed by atoms with Crippen molar-refractivity contribution in [3.05, 3.63) is 28.3 Å². The lowest BCUT2D eigenvalue weighted by Gasteiger charge is -2.14. The maximum absolute atomic E-state index is 10.4. The Balaban J connectivity index is 2.73. The third-order valence-corrected chi connectivity index (χ3v) is 4.47. The average Bonchev–Trinajstić information content (AvgIpc) is 2.25. The molecule has 0 aliphatic rings. The highest BCUT2D eigenvalue weighted by atomic mass is 32.2. The lowest BCUT2D eigenvalue weighted by atomic mass is 10.0. The van der Waals surface area contributed by atoms with E-state index < -0.39 is 5.97 Å². The van der Waals surface area contributed by atoms with Gasteiger partial charge in [0, 0.05) is 11.3 Å². The third kappa shape index (κ3) is 3.77. The summed E-state index contributed by atoms with van der Waals surface area (Å²) < 4.78 is 0. The first-order chi connectivity index (χ1) is 7.93. The van der Waals surface area contributed by atoms with Crippen molar-refractivity contribution in [3.63, 3.8) is 0 Å². The minimum atomic E-state index is -0.709. The first kappa shape index (κ1) is 14.1. The summed E-state index contributed by atoms with van der Waals surface area (Å²) in [6.07, 6.45) is 0.988. The van der Waals surface area contributed by atoms with E-state index in [4.69, 9.17) is 5.11 Å². The Kier molecular flexibility index (Phi) is 5.06. The quantitative estimate of drug-likeness (QED) is 0.638. The van der Waals surface area contributed by atoms with Gasteiger partial charge in [-0.15, -0.1) is 11.8 Å². The number of hydrogen-bond acceptors (Lipinski definition) is 2. The summed E-state index contributed by atoms with van der Waals surface area (Å²) in [4.78, 5) is 11.8. The van der Waals surface area contributed by atoms with E-state index in [1.807, 2.05) is 0 Å². The van der Waals surface area contributed by atoms with Gasteiger partial charge in [-0.2, -0.15) is 0 Å². The van der Waals surface area contributed by atoms with Crippen LogP contribution in [0.3, 0.4) is 0 Å². The van der Waals surface area contributed by atoms with Crippen molar-refractivity contribution in [2.24, 2.45) is 0 Å². The number of carboxylic acid groups (broad SMARTS) is 1. The predicted octanol–water partition coefficient (Wildman–Crippen LogP) is 3.88. The SMILES string of the molecule is Cc1cc(C)c(C)c(SCCCC(=O)O)c1C. The highest BCUT2D eigenvalue weighted by molar-refractivity contribution is 7.99. The molecule has 0 radical (unpaired) electrons. The van der Waals surface area contributed by atoms with Crippen LogP contribution < -0.4 is 0 Å². The highest BCUT2D eigenvalue weighted by Gasteiger charge is 2.09. The summed E-state index contributed by atoms with van der Waals surface area (Å²) in [6, 6.07) is 2.21. The van der Waals surface area contributed by atoms with Gasteiger partial charge in [-0.05, 0) is 62.1 Å². The molecule has 0 aliphatic heterocycles. The molecule has 0 aromatic heterocycles. The number of aliphatic carboxylic acids is 1. The van der Waals surface area contributed by atoms with Crippen molar-refractivity contribution in [1.29, 1.82) is 0 Å². The molecule has 0 spiro atoms. The highest BCUT2D eigenvalue weighted by Crippen LogP contribution is 2.31. The fraction of sp³-hybridized carbons (Fsp3) is 0.500. The first-order valence-electron chi connectivity index (χ1n) is 5.85. The number of hydrogen-bond donors (Lipinski definition) is 1. The van der Waals surface area contributed by atoms with E-state index in [2.05, 4.69) is 33.8 Å². The molecular weight excluding hydrogens is 232 g/mol. The fourth-order valence-corrected chi connectivity index (χ4v) is 3.04. The van der Waals surface area contributed by atoms with Gasteiger partial charge in [-0.25, -0.2) is 0 Å². The normalized spacial score (nSPS) is 10.6. The topological polar surface area (TPSA) is 37.3 Å². The molecular formula is C14H20O2S. The molecule has 1 rings (SSSR count). The minimum absolute atomic E-state index is 0.260. The second-order valence-corrected chi connectivity index (χ2v) is 5.54. The summed E-state index contributed by atoms with van der Waals surface area (Å²) in [5.41, 5.74) is 5.28. The largest absolute Gasteiger partial charge is 0.481 e. The standard InChI is InChI=1S/C14H20O2S/c1-9-8-10(2)12(4)14(11(9)3)17-7-5-6-13(15)16/h8H,5-7H2,1-4H3,(H,15,16). The van der Waals surface area contributed by atoms with Crippen LogP contribution in [0.25, 0.3) is 0 Å². The lowest BCUT2D eigenvalue weighted by Crippen LogP contribution is -1.97. The zero-order valence-electron chi connectivity index (χ0n) is 11.0. The van der Waals surface area contributed by atoms with Crippen molar-refractivity contribution in [3.8, 4) is 0 Å². The molecule has 0 saturated heterocycles. The molecule has 1 aromatic carbocycles. The van der Waals surface area contributed by atoms with Crippen LogP contribution in [0.5, 0.6) is 0 Å². The lowest BCUT2D eigenvalue weighted by molar-refractivity contribution is -0.137. The van der Waals surface area contributed by atoms with Crippen LogP contribution in [0.4, 0.5) is 0 Å². The zero-order valence-corrected chi connectivity index (χ0v) is 11.8. The molecule has 0 amide bonds. The van der Waals surface area contributed by atoms with E-state index >= 15 is 0 Å². The summed E-state index contributed by atoms with van der Waals surface area (Å²) in [7, 11) is 0. The van der Waals surface area contributed by atoms with E-state index in [0.717, 1.165) is 12.2 Å². The van der Waals surface area contributed by atoms with E-state index in [1.54, 1.807) is 11.8 Å². The molecule has 1 aromatic rings. The van der Waals surface area contributed by atoms with Crippen LogP contribution in [0.15, 0.2) is 11.0 Å². The summed E-state index contributed by atoms with van der Waals surface area (Å²) in [5, 5.41) is 8.60. The van der Waals surface area contributed by atoms with Crippen molar-refractivity contribution in [2.75, 3.05) is 5.75 Å². The molecule has 3 heteroatoms. The smallest absolute Gasteiger partial charge is 0.303 e. The second-order valence-electron chi connectivity index (χ2n) is 4.44. The van der Waals surface area contributed by atoms with Gasteiger partial charge < -0.3 is 5.11 Å². The molecule has 0 fully saturated rings. The fourth-order valence-electron chi connectivity index (χ4n) is 1.79. The van der Waals surface area contributed by atoms with Crippen molar-refractivity contribution in [1.82, 2.24) is 0 Å². The van der Waals surface area contributed by atoms with Crippen LogP contribution >= 0.6 is 11.8 Å². The number of aryl methyl sites for hydroxylation is 2. The predicted molar refractivity (Wildman–Crippen MR) is 73.0 cm³/mol. The van der Waals surface area contributed by atoms with Crippen LogP contribution in [-0.2, 0) is 4.79 Å². The molecule has 0 heterocycles. The number of benzene rings is 1. The van der Waals surface area contributed by atoms with Gasteiger partial charge in [0.25, 0.3) is 0 Å². The van der Waals surface area contributed by atoms with Gasteiger partial charge in [0.15, 0.2) is 0 Å². The Bertz CT molecular complexity index is 398. The molecule has 0 unspecified atom stereocenters. The number of rotatable bonds is 5. The molecule has 0 atom stereocenters. The number of thioether (sulfide) groups is 1. The molecule has 17 heavy (non-hydrogen) atoms. The van der Waals surface area contributed by atoms with Crippen molar-refractivity contribution >= 4 is 17.7 Å². The van der Waals surface area contributed by atoms with E-state index in [1.165, 1.54) is 27.1 Å². The summed E-state index contributed by atoms with van der Waals surface area (Å²) in [5.74, 6) is 0.163. The Labute approximate surface area is 107 Å². The van der Waals surface area contributed by atoms with Crippen molar-refractivity contribution < 1.29 is 9.90 Å². The Morgan fingerprint density at radius 2 is 1.71 bits per heavy atom. The van der Waals surface area contributed by atoms with E-state index in [-0.39, 0.29) is 6.42 Å². The molecule has 2 nitrogen and oxygen atoms in total. The number of carbonyl (C=O) groups is 1. The van der Waals surface area contributed by atoms with Gasteiger partial charge >= 0.3 is 5.97 Å².